The smallest absolute Gasteiger partial charge is 0.346 e. The van der Waals surface area contributed by atoms with E-state index in [1.54, 1.807) is 14.0 Å². The number of carbonyl (C=O) groups excluding carboxylic acids is 1. The van der Waals surface area contributed by atoms with E-state index in [0.717, 1.165) is 31.1 Å². The van der Waals surface area contributed by atoms with Gasteiger partial charge < -0.3 is 9.74 Å². The van der Waals surface area contributed by atoms with E-state index in [4.69, 9.17) is 4.43 Å². The third kappa shape index (κ3) is 8.75. The van der Waals surface area contributed by atoms with Gasteiger partial charge in [0.25, 0.3) is 0 Å². The molecule has 0 aliphatic heterocycles. The average Bonchev–Trinajstić information content (AvgIpc) is 2.54. The van der Waals surface area contributed by atoms with E-state index in [2.05, 4.69) is 11.9 Å². The maximum atomic E-state index is 10.9. The quantitative estimate of drug-likeness (QED) is 0.249. The molecule has 132 valence electrons. The fraction of sp³-hybridized carbons (Fsp3) is 0.357. The number of nitrogens with zero attached hydrogens (tertiary/aromatic N) is 2. The van der Waals surface area contributed by atoms with Crippen LogP contribution in [0.4, 0.5) is 11.4 Å². The molecule has 0 atom stereocenters. The lowest BCUT2D eigenvalue weighted by atomic mass is 10.3. The van der Waals surface area contributed by atoms with Crippen LogP contribution in [0.25, 0.3) is 0 Å². The van der Waals surface area contributed by atoms with Crippen LogP contribution in [-0.4, -0.2) is 39.2 Å². The number of hydrogen-bond acceptors (Lipinski definition) is 6. The lowest BCUT2D eigenvalue weighted by molar-refractivity contribution is -0.422. The molecule has 1 rings (SSSR count). The first-order chi connectivity index (χ1) is 11.3. The van der Waals surface area contributed by atoms with Crippen molar-refractivity contribution >= 4 is 27.0 Å². The highest BCUT2D eigenvalue weighted by molar-refractivity contribution is 6.26. The summed E-state index contributed by atoms with van der Waals surface area (Å²) in [7, 11) is 1.42. The zero-order valence-corrected chi connectivity index (χ0v) is 15.1. The van der Waals surface area contributed by atoms with Crippen molar-refractivity contribution < 1.29 is 19.1 Å². The lowest BCUT2D eigenvalue weighted by Crippen LogP contribution is -2.24. The molecular formula is C14H21N3O6Si. The Morgan fingerprint density at radius 3 is 2.12 bits per heavy atom. The predicted octanol–water partition coefficient (Wildman–Crippen LogP) is 1.72. The maximum Gasteiger partial charge on any atom is 0.346 e. The van der Waals surface area contributed by atoms with Crippen LogP contribution in [-0.2, 0) is 9.22 Å². The normalized spacial score (nSPS) is 9.92. The number of nitro benzene ring substituents is 2. The van der Waals surface area contributed by atoms with Crippen LogP contribution in [0.15, 0.2) is 36.4 Å². The monoisotopic (exact) mass is 355 g/mol. The summed E-state index contributed by atoms with van der Waals surface area (Å²) < 4.78 is 5.00. The summed E-state index contributed by atoms with van der Waals surface area (Å²) in [6, 6.07) is 6.07. The van der Waals surface area contributed by atoms with E-state index in [9.17, 15) is 25.0 Å². The molecule has 0 radical (unpaired) electrons. The minimum Gasteiger partial charge on any atom is -0.427 e. The Kier molecular flexibility index (Phi) is 10.6. The minimum absolute atomic E-state index is 0.0471. The molecule has 1 aromatic carbocycles. The standard InChI is InChI=1S/C8H17NO2Si.C6H4N2O4/c1-7(2)8(10)9-5-4-6-12-11-3;9-7(10)5-3-1-2-4-6(5)8(11)12/h1,4-6,12H2,2-3H3,(H,9,10);1-4H. The summed E-state index contributed by atoms with van der Waals surface area (Å²) in [5.74, 6) is -0.0471. The number of nitro groups is 2. The average molecular weight is 355 g/mol. The van der Waals surface area contributed by atoms with Gasteiger partial charge in [0.15, 0.2) is 9.76 Å². The molecule has 0 saturated heterocycles. The molecular weight excluding hydrogens is 334 g/mol. The van der Waals surface area contributed by atoms with Gasteiger partial charge in [-0.3, -0.25) is 25.0 Å². The van der Waals surface area contributed by atoms with Crippen molar-refractivity contribution in [2.24, 2.45) is 0 Å². The van der Waals surface area contributed by atoms with E-state index in [1.807, 2.05) is 0 Å². The van der Waals surface area contributed by atoms with Crippen LogP contribution < -0.4 is 5.32 Å². The Balaban J connectivity index is 0.000000441. The number of para-hydroxylation sites is 2. The molecule has 10 heteroatoms. The van der Waals surface area contributed by atoms with Gasteiger partial charge in [-0.05, 0) is 19.4 Å². The van der Waals surface area contributed by atoms with E-state index < -0.39 is 21.2 Å². The van der Waals surface area contributed by atoms with Crippen molar-refractivity contribution in [1.82, 2.24) is 5.32 Å². The molecule has 0 aliphatic carbocycles. The van der Waals surface area contributed by atoms with Crippen molar-refractivity contribution in [3.8, 4) is 0 Å². The summed E-state index contributed by atoms with van der Waals surface area (Å²) >= 11 is 0. The number of hydrogen-bond donors (Lipinski definition) is 1. The van der Waals surface area contributed by atoms with Crippen LogP contribution >= 0.6 is 0 Å². The fourth-order valence-corrected chi connectivity index (χ4v) is 2.24. The first-order valence-electron chi connectivity index (χ1n) is 7.11. The summed E-state index contributed by atoms with van der Waals surface area (Å²) in [5, 5.41) is 23.2. The van der Waals surface area contributed by atoms with E-state index in [0.29, 0.717) is 5.57 Å². The summed E-state index contributed by atoms with van der Waals surface area (Å²) in [4.78, 5) is 29.8. The van der Waals surface area contributed by atoms with E-state index >= 15 is 0 Å². The van der Waals surface area contributed by atoms with Gasteiger partial charge >= 0.3 is 11.4 Å². The van der Waals surface area contributed by atoms with Crippen LogP contribution in [0.5, 0.6) is 0 Å². The fourth-order valence-electron chi connectivity index (χ4n) is 1.50. The third-order valence-corrected chi connectivity index (χ3v) is 3.92. The second-order valence-electron chi connectivity index (χ2n) is 4.74. The van der Waals surface area contributed by atoms with Gasteiger partial charge in [0.2, 0.25) is 5.91 Å². The maximum absolute atomic E-state index is 10.9. The van der Waals surface area contributed by atoms with Gasteiger partial charge in [-0.25, -0.2) is 0 Å². The number of rotatable bonds is 8. The number of nitrogens with one attached hydrogen (secondary N) is 1. The number of benzene rings is 1. The summed E-state index contributed by atoms with van der Waals surface area (Å²) in [6.07, 6.45) is 1.01. The topological polar surface area (TPSA) is 125 Å². The van der Waals surface area contributed by atoms with E-state index in [-0.39, 0.29) is 15.7 Å². The van der Waals surface area contributed by atoms with Gasteiger partial charge in [0.05, 0.1) is 9.85 Å². The van der Waals surface area contributed by atoms with Crippen molar-refractivity contribution in [3.05, 3.63) is 56.6 Å². The van der Waals surface area contributed by atoms with Crippen LogP contribution in [0, 0.1) is 20.2 Å². The number of carbonyl (C=O) groups is 1. The van der Waals surface area contributed by atoms with Gasteiger partial charge in [0, 0.05) is 31.4 Å². The predicted molar refractivity (Wildman–Crippen MR) is 92.6 cm³/mol. The van der Waals surface area contributed by atoms with Gasteiger partial charge in [0.1, 0.15) is 0 Å². The van der Waals surface area contributed by atoms with Gasteiger partial charge in [-0.2, -0.15) is 0 Å². The molecule has 0 bridgehead atoms. The molecule has 0 aliphatic rings. The highest BCUT2D eigenvalue weighted by Gasteiger charge is 2.21. The minimum atomic E-state index is -0.780. The molecule has 0 saturated carbocycles. The molecule has 0 fully saturated rings. The molecule has 24 heavy (non-hydrogen) atoms. The molecule has 0 unspecified atom stereocenters. The molecule has 1 N–H and O–H groups in total. The van der Waals surface area contributed by atoms with Crippen molar-refractivity contribution in [2.45, 2.75) is 19.4 Å². The highest BCUT2D eigenvalue weighted by atomic mass is 28.2. The summed E-state index contributed by atoms with van der Waals surface area (Å²) in [5.41, 5.74) is -0.399. The highest BCUT2D eigenvalue weighted by Crippen LogP contribution is 2.24. The SMILES string of the molecule is C=C(C)C(=O)NCCC[SiH2]OC.O=[N+]([O-])c1ccccc1[N+](=O)[O-]. The molecule has 9 nitrogen and oxygen atoms in total. The van der Waals surface area contributed by atoms with Crippen molar-refractivity contribution in [2.75, 3.05) is 13.7 Å². The molecule has 1 aromatic rings. The second kappa shape index (κ2) is 11.9. The Hall–Kier alpha value is -2.59. The first kappa shape index (κ1) is 21.4. The Morgan fingerprint density at radius 2 is 1.75 bits per heavy atom. The summed E-state index contributed by atoms with van der Waals surface area (Å²) in [6.45, 7) is 5.99. The van der Waals surface area contributed by atoms with E-state index in [1.165, 1.54) is 12.1 Å². The molecule has 0 spiro atoms. The van der Waals surface area contributed by atoms with Gasteiger partial charge in [-0.1, -0.05) is 18.7 Å². The Morgan fingerprint density at radius 1 is 1.25 bits per heavy atom. The van der Waals surface area contributed by atoms with Crippen LogP contribution in [0.3, 0.4) is 0 Å². The zero-order valence-electron chi connectivity index (χ0n) is 13.7. The zero-order chi connectivity index (χ0) is 18.5. The van der Waals surface area contributed by atoms with Crippen LogP contribution in [0.2, 0.25) is 6.04 Å². The number of amides is 1. The molecule has 0 aromatic heterocycles. The third-order valence-electron chi connectivity index (χ3n) is 2.72. The van der Waals surface area contributed by atoms with Crippen molar-refractivity contribution in [3.63, 3.8) is 0 Å². The molecule has 0 heterocycles. The molecule has 1 amide bonds. The Bertz CT molecular complexity index is 561. The van der Waals surface area contributed by atoms with Crippen LogP contribution in [0.1, 0.15) is 13.3 Å². The first-order valence-corrected chi connectivity index (χ1v) is 8.69. The van der Waals surface area contributed by atoms with Gasteiger partial charge in [-0.15, -0.1) is 0 Å². The Labute approximate surface area is 141 Å². The lowest BCUT2D eigenvalue weighted by Gasteiger charge is -2.03. The van der Waals surface area contributed by atoms with Crippen molar-refractivity contribution in [1.29, 1.82) is 0 Å². The second-order valence-corrected chi connectivity index (χ2v) is 6.43. The largest absolute Gasteiger partial charge is 0.427 e.